The van der Waals surface area contributed by atoms with Gasteiger partial charge in [-0.25, -0.2) is 0 Å². The molecule has 0 atom stereocenters. The molecule has 2 nitrogen and oxygen atoms in total. The number of aromatic nitrogens is 1. The smallest absolute Gasteiger partial charge is 0.0619 e. The molecule has 0 fully saturated rings. The molecule has 0 saturated carbocycles. The summed E-state index contributed by atoms with van der Waals surface area (Å²) in [5.74, 6) is 0. The van der Waals surface area contributed by atoms with Crippen LogP contribution in [0.4, 0.5) is 17.1 Å². The first-order chi connectivity index (χ1) is 24.8. The van der Waals surface area contributed by atoms with E-state index in [1.165, 1.54) is 65.3 Å². The van der Waals surface area contributed by atoms with E-state index in [1.807, 2.05) is 0 Å². The van der Waals surface area contributed by atoms with Gasteiger partial charge in [0.1, 0.15) is 0 Å². The van der Waals surface area contributed by atoms with Crippen LogP contribution >= 0.6 is 0 Å². The number of benzene rings is 9. The maximum atomic E-state index is 2.43. The summed E-state index contributed by atoms with van der Waals surface area (Å²) in [4.78, 5) is 2.42. The van der Waals surface area contributed by atoms with E-state index in [0.717, 1.165) is 22.7 Å². The lowest BCUT2D eigenvalue weighted by molar-refractivity contribution is 1.18. The van der Waals surface area contributed by atoms with E-state index in [1.54, 1.807) is 0 Å². The van der Waals surface area contributed by atoms with Gasteiger partial charge in [0.15, 0.2) is 0 Å². The largest absolute Gasteiger partial charge is 0.310 e. The van der Waals surface area contributed by atoms with Crippen LogP contribution in [-0.4, -0.2) is 4.57 Å². The maximum absolute atomic E-state index is 2.43. The van der Waals surface area contributed by atoms with E-state index in [9.17, 15) is 0 Å². The first-order valence-corrected chi connectivity index (χ1v) is 17.2. The Kier molecular flexibility index (Phi) is 6.53. The molecule has 50 heavy (non-hydrogen) atoms. The van der Waals surface area contributed by atoms with Crippen molar-refractivity contribution in [2.45, 2.75) is 0 Å². The molecule has 0 aliphatic heterocycles. The van der Waals surface area contributed by atoms with E-state index in [4.69, 9.17) is 0 Å². The Bertz CT molecular complexity index is 2860. The van der Waals surface area contributed by atoms with Crippen LogP contribution < -0.4 is 4.90 Å². The van der Waals surface area contributed by atoms with Crippen LogP contribution in [0, 0.1) is 0 Å². The van der Waals surface area contributed by atoms with Crippen molar-refractivity contribution in [3.05, 3.63) is 194 Å². The summed E-state index contributed by atoms with van der Waals surface area (Å²) in [6.45, 7) is 0. The molecule has 10 rings (SSSR count). The third-order valence-electron chi connectivity index (χ3n) is 10.1. The molecule has 0 N–H and O–H groups in total. The second kappa shape index (κ2) is 11.5. The van der Waals surface area contributed by atoms with Crippen molar-refractivity contribution in [3.8, 4) is 16.8 Å². The summed E-state index contributed by atoms with van der Waals surface area (Å²) in [6, 6.07) is 70.5. The van der Waals surface area contributed by atoms with Crippen LogP contribution in [0.25, 0.3) is 70.9 Å². The maximum Gasteiger partial charge on any atom is 0.0619 e. The van der Waals surface area contributed by atoms with Gasteiger partial charge >= 0.3 is 0 Å². The quantitative estimate of drug-likeness (QED) is 0.171. The van der Waals surface area contributed by atoms with Gasteiger partial charge in [0.2, 0.25) is 0 Å². The Hall–Kier alpha value is -6.64. The zero-order valence-electron chi connectivity index (χ0n) is 27.4. The molecule has 234 valence electrons. The molecular weight excluding hydrogens is 605 g/mol. The molecule has 0 spiro atoms. The van der Waals surface area contributed by atoms with Crippen LogP contribution in [0.1, 0.15) is 0 Å². The number of rotatable bonds is 5. The molecule has 0 aliphatic carbocycles. The highest BCUT2D eigenvalue weighted by molar-refractivity contribution is 6.19. The van der Waals surface area contributed by atoms with E-state index in [0.29, 0.717) is 0 Å². The number of anilines is 3. The fourth-order valence-corrected chi connectivity index (χ4v) is 7.85. The van der Waals surface area contributed by atoms with Gasteiger partial charge < -0.3 is 9.47 Å². The first-order valence-electron chi connectivity index (χ1n) is 17.2. The highest BCUT2D eigenvalue weighted by atomic mass is 15.1. The third-order valence-corrected chi connectivity index (χ3v) is 10.1. The van der Waals surface area contributed by atoms with Crippen LogP contribution in [-0.2, 0) is 0 Å². The van der Waals surface area contributed by atoms with Gasteiger partial charge in [-0.05, 0) is 81.2 Å². The van der Waals surface area contributed by atoms with Crippen molar-refractivity contribution in [1.29, 1.82) is 0 Å². The second-order valence-electron chi connectivity index (χ2n) is 13.0. The van der Waals surface area contributed by atoms with Crippen molar-refractivity contribution < 1.29 is 0 Å². The Labute approximate surface area is 290 Å². The van der Waals surface area contributed by atoms with Gasteiger partial charge in [-0.1, -0.05) is 146 Å². The minimum Gasteiger partial charge on any atom is -0.310 e. The summed E-state index contributed by atoms with van der Waals surface area (Å²) < 4.78 is 2.43. The van der Waals surface area contributed by atoms with Crippen molar-refractivity contribution in [2.24, 2.45) is 0 Å². The molecule has 0 radical (unpaired) electrons. The van der Waals surface area contributed by atoms with Gasteiger partial charge in [0.25, 0.3) is 0 Å². The zero-order valence-corrected chi connectivity index (χ0v) is 27.4. The minimum absolute atomic E-state index is 1.10. The van der Waals surface area contributed by atoms with Crippen LogP contribution in [0.15, 0.2) is 194 Å². The summed E-state index contributed by atoms with van der Waals surface area (Å²) in [5.41, 5.74) is 9.34. The highest BCUT2D eigenvalue weighted by Crippen LogP contribution is 2.44. The lowest BCUT2D eigenvalue weighted by Gasteiger charge is -2.28. The summed E-state index contributed by atoms with van der Waals surface area (Å²) in [6.07, 6.45) is 0. The van der Waals surface area contributed by atoms with Crippen LogP contribution in [0.3, 0.4) is 0 Å². The molecule has 1 heterocycles. The lowest BCUT2D eigenvalue weighted by atomic mass is 9.98. The molecule has 0 amide bonds. The molecule has 0 aliphatic rings. The predicted molar refractivity (Wildman–Crippen MR) is 213 cm³/mol. The number of hydrogen-bond acceptors (Lipinski definition) is 1. The molecule has 0 saturated heterocycles. The van der Waals surface area contributed by atoms with E-state index < -0.39 is 0 Å². The standard InChI is InChI=1S/C48H32N2/c1-2-13-33(14-3-1)35-17-12-18-39(31-35)49(47-32-36-16-5-6-19-40(36)42-21-8-9-22-43(42)47)37-26-28-38(29-27-37)50-46-24-11-10-23-44(46)45-30-25-34-15-4-7-20-41(34)48(45)50/h1-32H. The van der Waals surface area contributed by atoms with Crippen molar-refractivity contribution in [1.82, 2.24) is 4.57 Å². The molecule has 9 aromatic carbocycles. The molecule has 0 bridgehead atoms. The van der Waals surface area contributed by atoms with Crippen molar-refractivity contribution >= 4 is 71.2 Å². The van der Waals surface area contributed by atoms with Crippen molar-refractivity contribution in [3.63, 3.8) is 0 Å². The Balaban J connectivity index is 1.21. The van der Waals surface area contributed by atoms with Crippen LogP contribution in [0.2, 0.25) is 0 Å². The average molecular weight is 637 g/mol. The fourth-order valence-electron chi connectivity index (χ4n) is 7.85. The molecule has 10 aromatic rings. The van der Waals surface area contributed by atoms with Gasteiger partial charge in [0.05, 0.1) is 16.7 Å². The summed E-state index contributed by atoms with van der Waals surface area (Å²) >= 11 is 0. The normalized spacial score (nSPS) is 11.6. The third kappa shape index (κ3) is 4.50. The van der Waals surface area contributed by atoms with Gasteiger partial charge in [-0.3, -0.25) is 0 Å². The average Bonchev–Trinajstić information content (AvgIpc) is 3.54. The van der Waals surface area contributed by atoms with E-state index >= 15 is 0 Å². The number of para-hydroxylation sites is 1. The number of hydrogen-bond donors (Lipinski definition) is 0. The first kappa shape index (κ1) is 28.4. The lowest BCUT2D eigenvalue weighted by Crippen LogP contribution is -2.11. The number of fused-ring (bicyclic) bond motifs is 8. The van der Waals surface area contributed by atoms with E-state index in [2.05, 4.69) is 204 Å². The molecule has 2 heteroatoms. The predicted octanol–water partition coefficient (Wildman–Crippen LogP) is 13.4. The Morgan fingerprint density at radius 1 is 0.340 bits per heavy atom. The summed E-state index contributed by atoms with van der Waals surface area (Å²) in [5, 5.41) is 9.98. The molecule has 1 aromatic heterocycles. The fraction of sp³-hybridized carbons (Fsp3) is 0. The Morgan fingerprint density at radius 2 is 0.980 bits per heavy atom. The monoisotopic (exact) mass is 636 g/mol. The minimum atomic E-state index is 1.10. The summed E-state index contributed by atoms with van der Waals surface area (Å²) in [7, 11) is 0. The second-order valence-corrected chi connectivity index (χ2v) is 13.0. The SMILES string of the molecule is c1ccc(-c2cccc(N(c3ccc(-n4c5ccccc5c5ccc6ccccc6c54)cc3)c3cc4ccccc4c4ccccc34)c2)cc1. The van der Waals surface area contributed by atoms with Crippen LogP contribution in [0.5, 0.6) is 0 Å². The topological polar surface area (TPSA) is 8.17 Å². The highest BCUT2D eigenvalue weighted by Gasteiger charge is 2.19. The van der Waals surface area contributed by atoms with Gasteiger partial charge in [-0.15, -0.1) is 0 Å². The van der Waals surface area contributed by atoms with Crippen molar-refractivity contribution in [2.75, 3.05) is 4.90 Å². The number of nitrogens with zero attached hydrogens (tertiary/aromatic N) is 2. The molecular formula is C48H32N2. The van der Waals surface area contributed by atoms with Gasteiger partial charge in [-0.2, -0.15) is 0 Å². The molecule has 0 unspecified atom stereocenters. The Morgan fingerprint density at radius 3 is 1.80 bits per heavy atom. The van der Waals surface area contributed by atoms with Gasteiger partial charge in [0, 0.05) is 38.6 Å². The zero-order chi connectivity index (χ0) is 33.0. The van der Waals surface area contributed by atoms with E-state index in [-0.39, 0.29) is 0 Å².